The Morgan fingerprint density at radius 3 is 2.58 bits per heavy atom. The first-order valence-corrected chi connectivity index (χ1v) is 12.0. The van der Waals surface area contributed by atoms with E-state index in [1.54, 1.807) is 36.0 Å². The van der Waals surface area contributed by atoms with E-state index in [4.69, 9.17) is 9.26 Å². The van der Waals surface area contributed by atoms with E-state index in [0.717, 1.165) is 5.56 Å². The number of urea groups is 1. The van der Waals surface area contributed by atoms with Crippen molar-refractivity contribution >= 4 is 6.03 Å². The Labute approximate surface area is 207 Å². The van der Waals surface area contributed by atoms with Crippen molar-refractivity contribution in [3.63, 3.8) is 0 Å². The second kappa shape index (κ2) is 11.0. The monoisotopic (exact) mass is 512 g/mol. The molecule has 1 N–H and O–H groups in total. The van der Waals surface area contributed by atoms with Crippen LogP contribution in [0.4, 0.5) is 18.0 Å². The molecule has 2 aliphatic heterocycles. The molecule has 12 heteroatoms. The molecule has 2 saturated heterocycles. The molecule has 198 valence electrons. The highest BCUT2D eigenvalue weighted by atomic mass is 19.4. The number of hydrogen-bond donors (Lipinski definition) is 1. The number of aliphatic hydroxyl groups excluding tert-OH is 1. The standard InChI is InChI=1S/C24H31F3N4O5/c1-15-11-16(3-4-20(15)35-24(25,26)27)17-12-18(22-28-21(29-36-22)7-10-34-2)14-31(13-17)23(33)30-8-5-19(32)6-9-30/h3-4,11,17-19,32H,5-10,12-14H2,1-2H3. The third-order valence-electron chi connectivity index (χ3n) is 6.72. The molecule has 2 atom stereocenters. The van der Waals surface area contributed by atoms with E-state index in [2.05, 4.69) is 14.9 Å². The SMILES string of the molecule is COCCc1noc(C2CC(c3ccc(OC(F)(F)F)c(C)c3)CN(C(=O)N3CCC(O)CC3)C2)n1. The van der Waals surface area contributed by atoms with Crippen LogP contribution in [-0.4, -0.2) is 83.4 Å². The second-order valence-electron chi connectivity index (χ2n) is 9.40. The summed E-state index contributed by atoms with van der Waals surface area (Å²) in [6.07, 6.45) is -3.04. The van der Waals surface area contributed by atoms with Crippen LogP contribution in [0.25, 0.3) is 0 Å². The number of benzene rings is 1. The molecule has 2 aromatic rings. The Morgan fingerprint density at radius 2 is 1.92 bits per heavy atom. The van der Waals surface area contributed by atoms with Gasteiger partial charge >= 0.3 is 12.4 Å². The van der Waals surface area contributed by atoms with Gasteiger partial charge in [-0.2, -0.15) is 4.98 Å². The summed E-state index contributed by atoms with van der Waals surface area (Å²) in [7, 11) is 1.59. The van der Waals surface area contributed by atoms with Gasteiger partial charge in [-0.15, -0.1) is 13.2 Å². The number of alkyl halides is 3. The van der Waals surface area contributed by atoms with Crippen LogP contribution in [0.5, 0.6) is 5.75 Å². The summed E-state index contributed by atoms with van der Waals surface area (Å²) in [5, 5.41) is 13.8. The second-order valence-corrected chi connectivity index (χ2v) is 9.40. The molecule has 9 nitrogen and oxygen atoms in total. The summed E-state index contributed by atoms with van der Waals surface area (Å²) in [6, 6.07) is 4.46. The Kier molecular flexibility index (Phi) is 8.04. The molecule has 0 spiro atoms. The topological polar surface area (TPSA) is 101 Å². The minimum atomic E-state index is -4.77. The fourth-order valence-corrected chi connectivity index (χ4v) is 4.83. The van der Waals surface area contributed by atoms with Crippen LogP contribution >= 0.6 is 0 Å². The number of carbonyl (C=O) groups excluding carboxylic acids is 1. The van der Waals surface area contributed by atoms with Gasteiger partial charge in [-0.25, -0.2) is 4.79 Å². The molecule has 0 saturated carbocycles. The number of hydrogen-bond acceptors (Lipinski definition) is 7. The van der Waals surface area contributed by atoms with Crippen molar-refractivity contribution in [1.82, 2.24) is 19.9 Å². The van der Waals surface area contributed by atoms with Crippen molar-refractivity contribution in [2.24, 2.45) is 0 Å². The summed E-state index contributed by atoms with van der Waals surface area (Å²) in [4.78, 5) is 21.4. The number of halogens is 3. The molecule has 3 heterocycles. The van der Waals surface area contributed by atoms with E-state index in [9.17, 15) is 23.1 Å². The molecule has 0 bridgehead atoms. The number of methoxy groups -OCH3 is 1. The van der Waals surface area contributed by atoms with Gasteiger partial charge in [0.05, 0.1) is 18.6 Å². The first-order valence-electron chi connectivity index (χ1n) is 12.0. The molecule has 2 unspecified atom stereocenters. The number of aliphatic hydroxyl groups is 1. The highest BCUT2D eigenvalue weighted by Crippen LogP contribution is 2.38. The van der Waals surface area contributed by atoms with Gasteiger partial charge in [0.15, 0.2) is 5.82 Å². The highest BCUT2D eigenvalue weighted by molar-refractivity contribution is 5.75. The van der Waals surface area contributed by atoms with E-state index >= 15 is 0 Å². The lowest BCUT2D eigenvalue weighted by Gasteiger charge is -2.40. The zero-order valence-corrected chi connectivity index (χ0v) is 20.3. The first-order chi connectivity index (χ1) is 17.1. The van der Waals surface area contributed by atoms with Crippen molar-refractivity contribution in [3.8, 4) is 5.75 Å². The average molecular weight is 513 g/mol. The van der Waals surface area contributed by atoms with Gasteiger partial charge in [-0.05, 0) is 43.4 Å². The van der Waals surface area contributed by atoms with Gasteiger partial charge < -0.3 is 28.9 Å². The van der Waals surface area contributed by atoms with Gasteiger partial charge in [0.2, 0.25) is 5.89 Å². The summed E-state index contributed by atoms with van der Waals surface area (Å²) in [6.45, 7) is 3.73. The minimum Gasteiger partial charge on any atom is -0.406 e. The van der Waals surface area contributed by atoms with Crippen LogP contribution in [0.15, 0.2) is 22.7 Å². The summed E-state index contributed by atoms with van der Waals surface area (Å²) in [5.41, 5.74) is 1.16. The van der Waals surface area contributed by atoms with E-state index in [0.29, 0.717) is 75.7 Å². The third kappa shape index (κ3) is 6.47. The van der Waals surface area contributed by atoms with Gasteiger partial charge in [-0.3, -0.25) is 0 Å². The lowest BCUT2D eigenvalue weighted by Crippen LogP contribution is -2.51. The van der Waals surface area contributed by atoms with Gasteiger partial charge in [0, 0.05) is 45.6 Å². The number of ether oxygens (including phenoxy) is 2. The fourth-order valence-electron chi connectivity index (χ4n) is 4.83. The number of carbonyl (C=O) groups is 1. The minimum absolute atomic E-state index is 0.135. The normalized spacial score (nSPS) is 21.6. The highest BCUT2D eigenvalue weighted by Gasteiger charge is 2.37. The maximum absolute atomic E-state index is 13.4. The van der Waals surface area contributed by atoms with Crippen molar-refractivity contribution in [2.75, 3.05) is 39.9 Å². The zero-order chi connectivity index (χ0) is 25.9. The third-order valence-corrected chi connectivity index (χ3v) is 6.72. The summed E-state index contributed by atoms with van der Waals surface area (Å²) < 4.78 is 52.9. The van der Waals surface area contributed by atoms with Crippen LogP contribution in [0.2, 0.25) is 0 Å². The van der Waals surface area contributed by atoms with Gasteiger partial charge in [0.1, 0.15) is 5.75 Å². The van der Waals surface area contributed by atoms with Crippen molar-refractivity contribution in [1.29, 1.82) is 0 Å². The number of aromatic nitrogens is 2. The quantitative estimate of drug-likeness (QED) is 0.631. The first kappa shape index (κ1) is 26.2. The van der Waals surface area contributed by atoms with Crippen molar-refractivity contribution in [3.05, 3.63) is 41.0 Å². The zero-order valence-electron chi connectivity index (χ0n) is 20.3. The van der Waals surface area contributed by atoms with E-state index in [1.807, 2.05) is 0 Å². The maximum atomic E-state index is 13.4. The predicted molar refractivity (Wildman–Crippen MR) is 122 cm³/mol. The largest absolute Gasteiger partial charge is 0.573 e. The van der Waals surface area contributed by atoms with E-state index < -0.39 is 12.5 Å². The molecule has 36 heavy (non-hydrogen) atoms. The predicted octanol–water partition coefficient (Wildman–Crippen LogP) is 3.62. The maximum Gasteiger partial charge on any atom is 0.573 e. The average Bonchev–Trinajstić information content (AvgIpc) is 3.32. The van der Waals surface area contributed by atoms with Crippen LogP contribution in [0.1, 0.15) is 53.9 Å². The van der Waals surface area contributed by atoms with Gasteiger partial charge in [0.25, 0.3) is 0 Å². The number of aryl methyl sites for hydroxylation is 1. The fraction of sp³-hybridized carbons (Fsp3) is 0.625. The number of nitrogens with zero attached hydrogens (tertiary/aromatic N) is 4. The number of rotatable bonds is 6. The Bertz CT molecular complexity index is 1040. The van der Waals surface area contributed by atoms with Crippen molar-refractivity contribution in [2.45, 2.75) is 56.9 Å². The molecule has 1 aromatic carbocycles. The Hall–Kier alpha value is -2.86. The van der Waals surface area contributed by atoms with E-state index in [-0.39, 0.29) is 23.6 Å². The van der Waals surface area contributed by atoms with Crippen molar-refractivity contribution < 1.29 is 37.1 Å². The molecule has 2 amide bonds. The van der Waals surface area contributed by atoms with E-state index in [1.165, 1.54) is 6.07 Å². The molecule has 4 rings (SSSR count). The molecular weight excluding hydrogens is 481 g/mol. The lowest BCUT2D eigenvalue weighted by atomic mass is 9.84. The summed E-state index contributed by atoms with van der Waals surface area (Å²) in [5.74, 6) is 0.292. The molecule has 2 fully saturated rings. The van der Waals surface area contributed by atoms with Gasteiger partial charge in [-0.1, -0.05) is 17.3 Å². The lowest BCUT2D eigenvalue weighted by molar-refractivity contribution is -0.274. The Morgan fingerprint density at radius 1 is 1.19 bits per heavy atom. The van der Waals surface area contributed by atoms with Crippen LogP contribution < -0.4 is 4.74 Å². The number of likely N-dealkylation sites (tertiary alicyclic amines) is 2. The van der Waals surface area contributed by atoms with Crippen LogP contribution in [0, 0.1) is 6.92 Å². The number of piperidine rings is 2. The summed E-state index contributed by atoms with van der Waals surface area (Å²) >= 11 is 0. The molecule has 2 aliphatic rings. The Balaban J connectivity index is 1.57. The molecule has 0 radical (unpaired) electrons. The van der Waals surface area contributed by atoms with Crippen LogP contribution in [0.3, 0.4) is 0 Å². The molecule has 0 aliphatic carbocycles. The van der Waals surface area contributed by atoms with Crippen LogP contribution in [-0.2, 0) is 11.2 Å². The smallest absolute Gasteiger partial charge is 0.406 e. The molecule has 1 aromatic heterocycles. The number of amides is 2. The molecular formula is C24H31F3N4O5.